The molecular formula is C8H14FN. The van der Waals surface area contributed by atoms with Gasteiger partial charge < -0.3 is 5.32 Å². The molecule has 2 bridgehead atoms. The summed E-state index contributed by atoms with van der Waals surface area (Å²) >= 11 is 0. The molecule has 0 radical (unpaired) electrons. The molecular weight excluding hydrogens is 129 g/mol. The van der Waals surface area contributed by atoms with E-state index in [9.17, 15) is 4.39 Å². The highest BCUT2D eigenvalue weighted by Crippen LogP contribution is 2.36. The molecule has 0 aromatic heterocycles. The summed E-state index contributed by atoms with van der Waals surface area (Å²) < 4.78 is 13.2. The van der Waals surface area contributed by atoms with Crippen LogP contribution < -0.4 is 5.32 Å². The molecule has 2 aliphatic rings. The van der Waals surface area contributed by atoms with Crippen LogP contribution in [0.25, 0.3) is 0 Å². The number of alkyl halides is 1. The summed E-state index contributed by atoms with van der Waals surface area (Å²) in [6, 6.07) is 0.622. The molecule has 2 aliphatic heterocycles. The fourth-order valence-electron chi connectivity index (χ4n) is 2.21. The fourth-order valence-corrected chi connectivity index (χ4v) is 2.21. The van der Waals surface area contributed by atoms with Gasteiger partial charge in [0.1, 0.15) is 6.17 Å². The molecule has 0 aliphatic carbocycles. The van der Waals surface area contributed by atoms with E-state index in [1.165, 1.54) is 6.42 Å². The van der Waals surface area contributed by atoms with E-state index in [1.807, 2.05) is 6.92 Å². The van der Waals surface area contributed by atoms with Crippen LogP contribution in [0.2, 0.25) is 0 Å². The molecule has 1 nitrogen and oxygen atoms in total. The Kier molecular flexibility index (Phi) is 1.28. The summed E-state index contributed by atoms with van der Waals surface area (Å²) in [4.78, 5) is 0. The van der Waals surface area contributed by atoms with Crippen molar-refractivity contribution >= 4 is 0 Å². The Labute approximate surface area is 61.0 Å². The van der Waals surface area contributed by atoms with Crippen LogP contribution in [0, 0.1) is 0 Å². The number of fused-ring (bicyclic) bond motifs is 2. The minimum Gasteiger partial charge on any atom is -0.306 e. The van der Waals surface area contributed by atoms with Gasteiger partial charge in [0, 0.05) is 11.6 Å². The maximum absolute atomic E-state index is 13.2. The molecule has 0 spiro atoms. The van der Waals surface area contributed by atoms with Gasteiger partial charge in [-0.25, -0.2) is 4.39 Å². The van der Waals surface area contributed by atoms with Crippen molar-refractivity contribution < 1.29 is 4.39 Å². The van der Waals surface area contributed by atoms with Gasteiger partial charge in [-0.15, -0.1) is 0 Å². The first-order valence-electron chi connectivity index (χ1n) is 4.12. The molecule has 0 amide bonds. The summed E-state index contributed by atoms with van der Waals surface area (Å²) in [5.41, 5.74) is -0.164. The Morgan fingerprint density at radius 1 is 1.40 bits per heavy atom. The van der Waals surface area contributed by atoms with Crippen LogP contribution in [0.1, 0.15) is 32.6 Å². The van der Waals surface area contributed by atoms with Crippen molar-refractivity contribution in [2.45, 2.75) is 50.4 Å². The highest BCUT2D eigenvalue weighted by molar-refractivity contribution is 5.03. The summed E-state index contributed by atoms with van der Waals surface area (Å²) in [6.45, 7) is 2.01. The fraction of sp³-hybridized carbons (Fsp3) is 1.00. The number of rotatable bonds is 0. The maximum atomic E-state index is 13.2. The standard InChI is InChI=1S/C8H14FN/c1-8-5-4-6(10-8)2-3-7(8)9/h6-7,10H,2-5H2,1H3/t6-,7+,8-/m0/s1. The molecule has 2 rings (SSSR count). The molecule has 0 aromatic rings. The van der Waals surface area contributed by atoms with Gasteiger partial charge in [-0.3, -0.25) is 0 Å². The van der Waals surface area contributed by atoms with Crippen molar-refractivity contribution in [3.63, 3.8) is 0 Å². The molecule has 3 atom stereocenters. The molecule has 0 saturated carbocycles. The van der Waals surface area contributed by atoms with Crippen molar-refractivity contribution in [1.82, 2.24) is 5.32 Å². The molecule has 10 heavy (non-hydrogen) atoms. The predicted octanol–water partition coefficient (Wildman–Crippen LogP) is 1.63. The summed E-state index contributed by atoms with van der Waals surface area (Å²) in [6.07, 6.45) is 3.41. The van der Waals surface area contributed by atoms with E-state index in [0.29, 0.717) is 6.04 Å². The van der Waals surface area contributed by atoms with Gasteiger partial charge in [0.05, 0.1) is 0 Å². The first-order chi connectivity index (χ1) is 4.71. The zero-order valence-corrected chi connectivity index (χ0v) is 6.36. The molecule has 0 unspecified atom stereocenters. The lowest BCUT2D eigenvalue weighted by molar-refractivity contribution is 0.136. The Bertz CT molecular complexity index is 146. The smallest absolute Gasteiger partial charge is 0.118 e. The average molecular weight is 143 g/mol. The second kappa shape index (κ2) is 1.94. The van der Waals surface area contributed by atoms with Crippen LogP contribution in [0.15, 0.2) is 0 Å². The van der Waals surface area contributed by atoms with Gasteiger partial charge in [-0.05, 0) is 32.6 Å². The van der Waals surface area contributed by atoms with Gasteiger partial charge in [0.15, 0.2) is 0 Å². The highest BCUT2D eigenvalue weighted by Gasteiger charge is 2.44. The Hall–Kier alpha value is -0.110. The third kappa shape index (κ3) is 0.782. The van der Waals surface area contributed by atoms with Crippen molar-refractivity contribution in [3.8, 4) is 0 Å². The van der Waals surface area contributed by atoms with Gasteiger partial charge >= 0.3 is 0 Å². The monoisotopic (exact) mass is 143 g/mol. The number of nitrogens with one attached hydrogen (secondary N) is 1. The minimum absolute atomic E-state index is 0.164. The zero-order chi connectivity index (χ0) is 7.19. The molecule has 0 aromatic carbocycles. The summed E-state index contributed by atoms with van der Waals surface area (Å²) in [5, 5.41) is 3.34. The topological polar surface area (TPSA) is 12.0 Å². The summed E-state index contributed by atoms with van der Waals surface area (Å²) in [5.74, 6) is 0. The van der Waals surface area contributed by atoms with Gasteiger partial charge in [0.2, 0.25) is 0 Å². The number of hydrogen-bond donors (Lipinski definition) is 1. The van der Waals surface area contributed by atoms with Crippen LogP contribution in [-0.2, 0) is 0 Å². The van der Waals surface area contributed by atoms with E-state index in [0.717, 1.165) is 19.3 Å². The normalized spacial score (nSPS) is 53.4. The van der Waals surface area contributed by atoms with Crippen molar-refractivity contribution in [3.05, 3.63) is 0 Å². The van der Waals surface area contributed by atoms with Crippen LogP contribution in [0.4, 0.5) is 4.39 Å². The highest BCUT2D eigenvalue weighted by atomic mass is 19.1. The van der Waals surface area contributed by atoms with E-state index < -0.39 is 6.17 Å². The lowest BCUT2D eigenvalue weighted by Gasteiger charge is -2.34. The third-order valence-electron chi connectivity index (χ3n) is 3.01. The van der Waals surface area contributed by atoms with Crippen LogP contribution in [0.5, 0.6) is 0 Å². The van der Waals surface area contributed by atoms with Crippen LogP contribution in [-0.4, -0.2) is 17.8 Å². The largest absolute Gasteiger partial charge is 0.306 e. The molecule has 2 saturated heterocycles. The molecule has 2 heterocycles. The van der Waals surface area contributed by atoms with E-state index >= 15 is 0 Å². The Morgan fingerprint density at radius 3 is 2.90 bits per heavy atom. The third-order valence-corrected chi connectivity index (χ3v) is 3.01. The first kappa shape index (κ1) is 6.59. The van der Waals surface area contributed by atoms with Crippen molar-refractivity contribution in [2.24, 2.45) is 0 Å². The van der Waals surface area contributed by atoms with Gasteiger partial charge in [0.25, 0.3) is 0 Å². The average Bonchev–Trinajstić information content (AvgIpc) is 2.22. The van der Waals surface area contributed by atoms with E-state index in [1.54, 1.807) is 0 Å². The molecule has 58 valence electrons. The molecule has 2 fully saturated rings. The minimum atomic E-state index is -0.605. The van der Waals surface area contributed by atoms with Crippen molar-refractivity contribution in [1.29, 1.82) is 0 Å². The maximum Gasteiger partial charge on any atom is 0.118 e. The lowest BCUT2D eigenvalue weighted by Crippen LogP contribution is -2.51. The number of hydrogen-bond acceptors (Lipinski definition) is 1. The van der Waals surface area contributed by atoms with Gasteiger partial charge in [-0.2, -0.15) is 0 Å². The SMILES string of the molecule is C[C@]12CC[C@H](CC[C@H]1F)N2. The lowest BCUT2D eigenvalue weighted by atomic mass is 9.91. The Morgan fingerprint density at radius 2 is 2.20 bits per heavy atom. The second-order valence-corrected chi connectivity index (χ2v) is 3.84. The van der Waals surface area contributed by atoms with Gasteiger partial charge in [-0.1, -0.05) is 0 Å². The van der Waals surface area contributed by atoms with E-state index in [4.69, 9.17) is 0 Å². The second-order valence-electron chi connectivity index (χ2n) is 3.84. The zero-order valence-electron chi connectivity index (χ0n) is 6.36. The van der Waals surface area contributed by atoms with Crippen LogP contribution in [0.3, 0.4) is 0 Å². The predicted molar refractivity (Wildman–Crippen MR) is 38.7 cm³/mol. The number of halogens is 1. The number of piperidine rings is 1. The molecule has 2 heteroatoms. The Balaban J connectivity index is 2.17. The van der Waals surface area contributed by atoms with Crippen LogP contribution >= 0.6 is 0 Å². The van der Waals surface area contributed by atoms with E-state index in [-0.39, 0.29) is 5.54 Å². The first-order valence-corrected chi connectivity index (χ1v) is 4.12. The van der Waals surface area contributed by atoms with E-state index in [2.05, 4.69) is 5.32 Å². The van der Waals surface area contributed by atoms with Crippen molar-refractivity contribution in [2.75, 3.05) is 0 Å². The quantitative estimate of drug-likeness (QED) is 0.543. The summed E-state index contributed by atoms with van der Waals surface area (Å²) in [7, 11) is 0. The molecule has 1 N–H and O–H groups in total.